The summed E-state index contributed by atoms with van der Waals surface area (Å²) in [7, 11) is 0. The van der Waals surface area contributed by atoms with Crippen molar-refractivity contribution in [3.63, 3.8) is 0 Å². The molecule has 1 aliphatic heterocycles. The van der Waals surface area contributed by atoms with Crippen molar-refractivity contribution in [3.8, 4) is 0 Å². The van der Waals surface area contributed by atoms with Gasteiger partial charge in [0.1, 0.15) is 11.4 Å². The molecule has 0 spiro atoms. The number of aromatic amines is 1. The lowest BCUT2D eigenvalue weighted by molar-refractivity contribution is 0.176. The average Bonchev–Trinajstić information content (AvgIpc) is 2.84. The molecule has 1 aliphatic rings. The third-order valence-corrected chi connectivity index (χ3v) is 3.00. The average molecular weight is 218 g/mol. The van der Waals surface area contributed by atoms with E-state index in [4.69, 9.17) is 10.5 Å². The van der Waals surface area contributed by atoms with Gasteiger partial charge in [0.25, 0.3) is 0 Å². The number of hydrogen-bond acceptors (Lipinski definition) is 4. The first-order valence-corrected chi connectivity index (χ1v) is 5.37. The number of ether oxygens (including phenoxy) is 1. The van der Waals surface area contributed by atoms with Crippen LogP contribution in [0.1, 0.15) is 17.8 Å². The molecule has 3 N–H and O–H groups in total. The maximum absolute atomic E-state index is 6.24. The number of rotatable bonds is 1. The summed E-state index contributed by atoms with van der Waals surface area (Å²) >= 11 is 0. The summed E-state index contributed by atoms with van der Waals surface area (Å²) in [5.41, 5.74) is 8.52. The van der Waals surface area contributed by atoms with E-state index in [1.807, 2.05) is 13.0 Å². The van der Waals surface area contributed by atoms with Crippen LogP contribution in [0.4, 0.5) is 0 Å². The van der Waals surface area contributed by atoms with Crippen molar-refractivity contribution in [2.45, 2.75) is 18.9 Å². The van der Waals surface area contributed by atoms with E-state index in [1.165, 1.54) is 0 Å². The van der Waals surface area contributed by atoms with E-state index in [-0.39, 0.29) is 0 Å². The molecule has 16 heavy (non-hydrogen) atoms. The second kappa shape index (κ2) is 3.26. The third kappa shape index (κ3) is 1.40. The summed E-state index contributed by atoms with van der Waals surface area (Å²) in [5.74, 6) is 0.776. The van der Waals surface area contributed by atoms with Crippen molar-refractivity contribution in [1.29, 1.82) is 0 Å². The van der Waals surface area contributed by atoms with Crippen LogP contribution in [0.3, 0.4) is 0 Å². The van der Waals surface area contributed by atoms with Gasteiger partial charge in [-0.2, -0.15) is 0 Å². The van der Waals surface area contributed by atoms with Crippen molar-refractivity contribution in [2.75, 3.05) is 13.2 Å². The highest BCUT2D eigenvalue weighted by molar-refractivity contribution is 5.71. The smallest absolute Gasteiger partial charge is 0.177 e. The number of fused-ring (bicyclic) bond motifs is 1. The predicted molar refractivity (Wildman–Crippen MR) is 59.9 cm³/mol. The van der Waals surface area contributed by atoms with Crippen LogP contribution in [0.25, 0.3) is 11.2 Å². The standard InChI is InChI=1S/C11H14N4O/c1-7-4-8-9(13-5-7)15-10(14-8)11(12)2-3-16-6-11/h4-5H,2-3,6,12H2,1H3,(H,13,14,15). The number of aromatic nitrogens is 3. The molecule has 2 aromatic heterocycles. The van der Waals surface area contributed by atoms with E-state index < -0.39 is 5.54 Å². The summed E-state index contributed by atoms with van der Waals surface area (Å²) in [6.45, 7) is 3.22. The zero-order valence-electron chi connectivity index (χ0n) is 9.16. The maximum Gasteiger partial charge on any atom is 0.177 e. The van der Waals surface area contributed by atoms with Crippen LogP contribution in [-0.4, -0.2) is 28.2 Å². The van der Waals surface area contributed by atoms with Crippen LogP contribution < -0.4 is 5.73 Å². The first-order chi connectivity index (χ1) is 7.67. The lowest BCUT2D eigenvalue weighted by Gasteiger charge is -2.17. The molecular weight excluding hydrogens is 204 g/mol. The summed E-state index contributed by atoms with van der Waals surface area (Å²) in [4.78, 5) is 11.9. The van der Waals surface area contributed by atoms with Crippen molar-refractivity contribution in [2.24, 2.45) is 5.73 Å². The number of aryl methyl sites for hydroxylation is 1. The van der Waals surface area contributed by atoms with Gasteiger partial charge >= 0.3 is 0 Å². The predicted octanol–water partition coefficient (Wildman–Crippen LogP) is 0.841. The van der Waals surface area contributed by atoms with Crippen molar-refractivity contribution < 1.29 is 4.74 Å². The molecule has 1 fully saturated rings. The van der Waals surface area contributed by atoms with Crippen LogP contribution in [-0.2, 0) is 10.3 Å². The van der Waals surface area contributed by atoms with Crippen LogP contribution in [0.2, 0.25) is 0 Å². The minimum Gasteiger partial charge on any atom is -0.379 e. The highest BCUT2D eigenvalue weighted by Gasteiger charge is 2.35. The number of H-pyrrole nitrogens is 1. The Bertz CT molecular complexity index is 528. The topological polar surface area (TPSA) is 76.8 Å². The van der Waals surface area contributed by atoms with Crippen LogP contribution in [0.15, 0.2) is 12.3 Å². The van der Waals surface area contributed by atoms with E-state index in [0.717, 1.165) is 29.0 Å². The molecular formula is C11H14N4O. The van der Waals surface area contributed by atoms with Gasteiger partial charge in [-0.1, -0.05) is 0 Å². The van der Waals surface area contributed by atoms with Gasteiger partial charge < -0.3 is 15.5 Å². The Labute approximate surface area is 93.0 Å². The number of hydrogen-bond donors (Lipinski definition) is 2. The van der Waals surface area contributed by atoms with E-state index in [0.29, 0.717) is 13.2 Å². The van der Waals surface area contributed by atoms with Gasteiger partial charge in [-0.15, -0.1) is 0 Å². The first kappa shape index (κ1) is 9.74. The Morgan fingerprint density at radius 1 is 1.56 bits per heavy atom. The number of nitrogens with two attached hydrogens (primary N) is 1. The normalized spacial score (nSPS) is 25.4. The van der Waals surface area contributed by atoms with Gasteiger partial charge in [0, 0.05) is 12.8 Å². The van der Waals surface area contributed by atoms with Gasteiger partial charge in [-0.05, 0) is 25.0 Å². The zero-order valence-corrected chi connectivity index (χ0v) is 9.16. The molecule has 84 valence electrons. The van der Waals surface area contributed by atoms with E-state index in [2.05, 4.69) is 15.0 Å². The van der Waals surface area contributed by atoms with Crippen molar-refractivity contribution >= 4 is 11.2 Å². The molecule has 5 heteroatoms. The second-order valence-corrected chi connectivity index (χ2v) is 4.43. The Morgan fingerprint density at radius 3 is 3.19 bits per heavy atom. The molecule has 0 amide bonds. The number of pyridine rings is 1. The van der Waals surface area contributed by atoms with Crippen LogP contribution in [0.5, 0.6) is 0 Å². The van der Waals surface area contributed by atoms with Crippen LogP contribution in [0, 0.1) is 6.92 Å². The summed E-state index contributed by atoms with van der Waals surface area (Å²) in [6, 6.07) is 2.03. The highest BCUT2D eigenvalue weighted by atomic mass is 16.5. The molecule has 3 heterocycles. The SMILES string of the molecule is Cc1cnc2nc(C3(N)CCOC3)[nH]c2c1. The molecule has 0 aromatic carbocycles. The number of nitrogens with zero attached hydrogens (tertiary/aromatic N) is 2. The fourth-order valence-corrected chi connectivity index (χ4v) is 2.01. The second-order valence-electron chi connectivity index (χ2n) is 4.43. The van der Waals surface area contributed by atoms with E-state index in [9.17, 15) is 0 Å². The molecule has 3 rings (SSSR count). The minimum absolute atomic E-state index is 0.478. The first-order valence-electron chi connectivity index (χ1n) is 5.37. The summed E-state index contributed by atoms with van der Waals surface area (Å²) in [5, 5.41) is 0. The Hall–Kier alpha value is -1.46. The van der Waals surface area contributed by atoms with Gasteiger partial charge in [-0.3, -0.25) is 0 Å². The summed E-state index contributed by atoms with van der Waals surface area (Å²) < 4.78 is 5.33. The molecule has 1 unspecified atom stereocenters. The highest BCUT2D eigenvalue weighted by Crippen LogP contribution is 2.26. The lowest BCUT2D eigenvalue weighted by atomic mass is 10.00. The minimum atomic E-state index is -0.478. The zero-order chi connectivity index (χ0) is 11.2. The Balaban J connectivity index is 2.11. The molecule has 1 atom stereocenters. The Morgan fingerprint density at radius 2 is 2.44 bits per heavy atom. The van der Waals surface area contributed by atoms with Gasteiger partial charge in [-0.25, -0.2) is 9.97 Å². The third-order valence-electron chi connectivity index (χ3n) is 3.00. The number of imidazole rings is 1. The van der Waals surface area contributed by atoms with Gasteiger partial charge in [0.15, 0.2) is 5.65 Å². The molecule has 1 saturated heterocycles. The summed E-state index contributed by atoms with van der Waals surface area (Å²) in [6.07, 6.45) is 2.60. The largest absolute Gasteiger partial charge is 0.379 e. The molecule has 0 aliphatic carbocycles. The fourth-order valence-electron chi connectivity index (χ4n) is 2.01. The van der Waals surface area contributed by atoms with E-state index >= 15 is 0 Å². The lowest BCUT2D eigenvalue weighted by Crippen LogP contribution is -2.38. The quantitative estimate of drug-likeness (QED) is 0.743. The van der Waals surface area contributed by atoms with Crippen LogP contribution >= 0.6 is 0 Å². The van der Waals surface area contributed by atoms with Gasteiger partial charge in [0.05, 0.1) is 12.1 Å². The fraction of sp³-hybridized carbons (Fsp3) is 0.455. The molecule has 2 aromatic rings. The maximum atomic E-state index is 6.24. The molecule has 0 radical (unpaired) electrons. The molecule has 0 saturated carbocycles. The monoisotopic (exact) mass is 218 g/mol. The number of nitrogens with one attached hydrogen (secondary N) is 1. The molecule has 0 bridgehead atoms. The van der Waals surface area contributed by atoms with Crippen molar-refractivity contribution in [3.05, 3.63) is 23.7 Å². The Kier molecular flexibility index (Phi) is 1.99. The molecule has 5 nitrogen and oxygen atoms in total. The van der Waals surface area contributed by atoms with E-state index in [1.54, 1.807) is 6.20 Å². The van der Waals surface area contributed by atoms with Crippen molar-refractivity contribution in [1.82, 2.24) is 15.0 Å². The van der Waals surface area contributed by atoms with Gasteiger partial charge in [0.2, 0.25) is 0 Å².